The molecule has 1 aliphatic heterocycles. The second-order valence-electron chi connectivity index (χ2n) is 5.29. The van der Waals surface area contributed by atoms with Gasteiger partial charge in [0.2, 0.25) is 0 Å². The fourth-order valence-electron chi connectivity index (χ4n) is 2.31. The fraction of sp³-hybridized carbons (Fsp3) is 0.0588. The first kappa shape index (κ1) is 19.2. The molecule has 0 saturated carbocycles. The molecule has 2 aromatic carbocycles. The van der Waals surface area contributed by atoms with E-state index in [0.29, 0.717) is 21.3 Å². The SMILES string of the molecule is O=C1S/C(=C\c2cc(Cl)cc(Br)c2O)C(=O)N1Cc1c(F)cccc1Cl. The number of aromatic hydroxyl groups is 1. The number of imide groups is 1. The summed E-state index contributed by atoms with van der Waals surface area (Å²) in [5, 5.41) is 9.99. The highest BCUT2D eigenvalue weighted by Crippen LogP contribution is 2.38. The number of benzene rings is 2. The van der Waals surface area contributed by atoms with Crippen LogP contribution in [0.5, 0.6) is 5.75 Å². The van der Waals surface area contributed by atoms with Gasteiger partial charge in [-0.3, -0.25) is 14.5 Å². The summed E-state index contributed by atoms with van der Waals surface area (Å²) in [5.74, 6) is -1.31. The van der Waals surface area contributed by atoms with Gasteiger partial charge in [0.15, 0.2) is 0 Å². The predicted octanol–water partition coefficient (Wildman–Crippen LogP) is 5.84. The Balaban J connectivity index is 1.92. The summed E-state index contributed by atoms with van der Waals surface area (Å²) in [7, 11) is 0. The van der Waals surface area contributed by atoms with Crippen LogP contribution in [0.3, 0.4) is 0 Å². The van der Waals surface area contributed by atoms with Crippen LogP contribution in [0, 0.1) is 5.82 Å². The second kappa shape index (κ2) is 7.60. The molecule has 0 bridgehead atoms. The Bertz CT molecular complexity index is 947. The number of halogens is 4. The van der Waals surface area contributed by atoms with Crippen molar-refractivity contribution in [3.8, 4) is 5.75 Å². The van der Waals surface area contributed by atoms with Gasteiger partial charge in [-0.05, 0) is 58.0 Å². The highest BCUT2D eigenvalue weighted by molar-refractivity contribution is 9.10. The first-order valence-electron chi connectivity index (χ1n) is 7.14. The van der Waals surface area contributed by atoms with Gasteiger partial charge in [0.1, 0.15) is 11.6 Å². The number of hydrogen-bond acceptors (Lipinski definition) is 4. The second-order valence-corrected chi connectivity index (χ2v) is 7.98. The minimum atomic E-state index is -0.602. The smallest absolute Gasteiger partial charge is 0.293 e. The third-order valence-electron chi connectivity index (χ3n) is 3.60. The van der Waals surface area contributed by atoms with Crippen LogP contribution in [0.1, 0.15) is 11.1 Å². The lowest BCUT2D eigenvalue weighted by Crippen LogP contribution is -2.28. The molecule has 2 aromatic rings. The average Bonchev–Trinajstić information content (AvgIpc) is 2.82. The monoisotopic (exact) mass is 475 g/mol. The van der Waals surface area contributed by atoms with Crippen LogP contribution in [-0.4, -0.2) is 21.2 Å². The molecule has 1 fully saturated rings. The number of nitrogens with zero attached hydrogens (tertiary/aromatic N) is 1. The van der Waals surface area contributed by atoms with Crippen LogP contribution in [0.2, 0.25) is 10.0 Å². The molecule has 26 heavy (non-hydrogen) atoms. The molecule has 0 aromatic heterocycles. The molecule has 4 nitrogen and oxygen atoms in total. The Morgan fingerprint density at radius 1 is 1.27 bits per heavy atom. The summed E-state index contributed by atoms with van der Waals surface area (Å²) in [6, 6.07) is 7.09. The Morgan fingerprint density at radius 3 is 2.69 bits per heavy atom. The number of phenols is 1. The van der Waals surface area contributed by atoms with Gasteiger partial charge >= 0.3 is 0 Å². The minimum Gasteiger partial charge on any atom is -0.506 e. The summed E-state index contributed by atoms with van der Waals surface area (Å²) in [6.45, 7) is -0.279. The van der Waals surface area contributed by atoms with Gasteiger partial charge in [-0.2, -0.15) is 0 Å². The van der Waals surface area contributed by atoms with Crippen molar-refractivity contribution < 1.29 is 19.1 Å². The average molecular weight is 477 g/mol. The van der Waals surface area contributed by atoms with Gasteiger partial charge in [-0.25, -0.2) is 4.39 Å². The van der Waals surface area contributed by atoms with Crippen molar-refractivity contribution in [3.05, 3.63) is 66.7 Å². The largest absolute Gasteiger partial charge is 0.506 e. The van der Waals surface area contributed by atoms with Crippen LogP contribution < -0.4 is 0 Å². The van der Waals surface area contributed by atoms with Gasteiger partial charge in [0.25, 0.3) is 11.1 Å². The number of amides is 2. The molecule has 9 heteroatoms. The minimum absolute atomic E-state index is 0.0612. The van der Waals surface area contributed by atoms with Crippen molar-refractivity contribution in [2.24, 2.45) is 0 Å². The number of hydrogen-bond donors (Lipinski definition) is 1. The Hall–Kier alpha value is -1.54. The maximum absolute atomic E-state index is 13.9. The van der Waals surface area contributed by atoms with E-state index < -0.39 is 17.0 Å². The van der Waals surface area contributed by atoms with E-state index in [2.05, 4.69) is 15.9 Å². The maximum Gasteiger partial charge on any atom is 0.293 e. The van der Waals surface area contributed by atoms with Crippen LogP contribution >= 0.6 is 50.9 Å². The number of rotatable bonds is 3. The Labute approximate surface area is 170 Å². The first-order valence-corrected chi connectivity index (χ1v) is 9.50. The lowest BCUT2D eigenvalue weighted by molar-refractivity contribution is -0.123. The zero-order valence-corrected chi connectivity index (χ0v) is 16.7. The van der Waals surface area contributed by atoms with E-state index in [9.17, 15) is 19.1 Å². The summed E-state index contributed by atoms with van der Waals surface area (Å²) in [6.07, 6.45) is 1.36. The molecule has 0 spiro atoms. The van der Waals surface area contributed by atoms with Crippen LogP contribution in [0.25, 0.3) is 6.08 Å². The quantitative estimate of drug-likeness (QED) is 0.565. The van der Waals surface area contributed by atoms with E-state index in [0.717, 1.165) is 4.90 Å². The van der Waals surface area contributed by atoms with Crippen molar-refractivity contribution in [2.45, 2.75) is 6.54 Å². The third-order valence-corrected chi connectivity index (χ3v) is 5.68. The Kier molecular flexibility index (Phi) is 5.62. The van der Waals surface area contributed by atoms with Gasteiger partial charge in [-0.15, -0.1) is 0 Å². The molecule has 134 valence electrons. The molecule has 3 rings (SSSR count). The molecule has 0 aliphatic carbocycles. The Morgan fingerprint density at radius 2 is 2.00 bits per heavy atom. The van der Waals surface area contributed by atoms with E-state index in [-0.39, 0.29) is 33.3 Å². The molecule has 1 saturated heterocycles. The molecule has 0 atom stereocenters. The molecule has 1 aliphatic rings. The summed E-state index contributed by atoms with van der Waals surface area (Å²) in [4.78, 5) is 25.7. The van der Waals surface area contributed by atoms with Gasteiger partial charge in [0, 0.05) is 21.2 Å². The zero-order chi connectivity index (χ0) is 19.0. The summed E-state index contributed by atoms with van der Waals surface area (Å²) in [5.41, 5.74) is 0.338. The molecule has 0 radical (unpaired) electrons. The fourth-order valence-corrected chi connectivity index (χ4v) is 4.20. The molecule has 1 N–H and O–H groups in total. The number of phenolic OH excluding ortho intramolecular Hbond substituents is 1. The van der Waals surface area contributed by atoms with Crippen molar-refractivity contribution >= 4 is 68.1 Å². The maximum atomic E-state index is 13.9. The molecule has 1 heterocycles. The van der Waals surface area contributed by atoms with Crippen molar-refractivity contribution in [2.75, 3.05) is 0 Å². The molecular weight excluding hydrogens is 468 g/mol. The van der Waals surface area contributed by atoms with Crippen LogP contribution in [0.15, 0.2) is 39.7 Å². The first-order chi connectivity index (χ1) is 12.3. The van der Waals surface area contributed by atoms with Gasteiger partial charge in [0.05, 0.1) is 15.9 Å². The van der Waals surface area contributed by atoms with Gasteiger partial charge < -0.3 is 5.11 Å². The lowest BCUT2D eigenvalue weighted by atomic mass is 10.1. The third kappa shape index (κ3) is 3.76. The zero-order valence-electron chi connectivity index (χ0n) is 12.8. The van der Waals surface area contributed by atoms with E-state index in [1.807, 2.05) is 0 Å². The normalized spacial score (nSPS) is 16.0. The predicted molar refractivity (Wildman–Crippen MR) is 104 cm³/mol. The van der Waals surface area contributed by atoms with E-state index >= 15 is 0 Å². The van der Waals surface area contributed by atoms with Crippen LogP contribution in [0.4, 0.5) is 9.18 Å². The number of carbonyl (C=O) groups excluding carboxylic acids is 2. The van der Waals surface area contributed by atoms with Crippen LogP contribution in [-0.2, 0) is 11.3 Å². The number of thioether (sulfide) groups is 1. The topological polar surface area (TPSA) is 57.6 Å². The molecule has 2 amide bonds. The number of carbonyl (C=O) groups is 2. The molecular formula is C17H9BrCl2FNO3S. The van der Waals surface area contributed by atoms with Crippen molar-refractivity contribution in [3.63, 3.8) is 0 Å². The highest BCUT2D eigenvalue weighted by Gasteiger charge is 2.36. The summed E-state index contributed by atoms with van der Waals surface area (Å²) >= 11 is 15.8. The van der Waals surface area contributed by atoms with Crippen molar-refractivity contribution in [1.29, 1.82) is 0 Å². The highest BCUT2D eigenvalue weighted by atomic mass is 79.9. The van der Waals surface area contributed by atoms with Gasteiger partial charge in [-0.1, -0.05) is 29.3 Å². The standard InChI is InChI=1S/C17H9BrCl2FNO3S/c18-11-6-9(19)4-8(15(11)23)5-14-16(24)22(17(25)26-14)7-10-12(20)2-1-3-13(10)21/h1-6,23H,7H2/b14-5-. The van der Waals surface area contributed by atoms with E-state index in [1.54, 1.807) is 0 Å². The summed E-state index contributed by atoms with van der Waals surface area (Å²) < 4.78 is 14.3. The van der Waals surface area contributed by atoms with E-state index in [4.69, 9.17) is 23.2 Å². The van der Waals surface area contributed by atoms with Crippen molar-refractivity contribution in [1.82, 2.24) is 4.90 Å². The van der Waals surface area contributed by atoms with E-state index in [1.165, 1.54) is 36.4 Å². The molecule has 0 unspecified atom stereocenters. The lowest BCUT2D eigenvalue weighted by Gasteiger charge is -2.14.